The summed E-state index contributed by atoms with van der Waals surface area (Å²) in [5.74, 6) is -1.16. The molecule has 1 aliphatic rings. The Kier molecular flexibility index (Phi) is 7.56. The van der Waals surface area contributed by atoms with Crippen LogP contribution < -0.4 is 5.32 Å². The number of ether oxygens (including phenoxy) is 2. The number of amides is 1. The Labute approximate surface area is 181 Å². The van der Waals surface area contributed by atoms with E-state index in [1.807, 2.05) is 31.2 Å². The molecule has 0 aliphatic carbocycles. The third kappa shape index (κ3) is 6.48. The summed E-state index contributed by atoms with van der Waals surface area (Å²) < 4.78 is 36.7. The van der Waals surface area contributed by atoms with Crippen LogP contribution in [0, 0.1) is 6.92 Å². The van der Waals surface area contributed by atoms with Gasteiger partial charge in [-0.3, -0.25) is 4.79 Å². The molecule has 0 atom stereocenters. The van der Waals surface area contributed by atoms with Gasteiger partial charge in [0.1, 0.15) is 0 Å². The molecule has 2 aromatic rings. The highest BCUT2D eigenvalue weighted by Gasteiger charge is 2.26. The van der Waals surface area contributed by atoms with E-state index in [0.29, 0.717) is 32.0 Å². The SMILES string of the molecule is Cc1ccc(/C=C/C(=O)OCC(=O)Nc2ccc(S(=O)(=O)N3CCOCC3)cc2)cc1. The van der Waals surface area contributed by atoms with Gasteiger partial charge in [-0.2, -0.15) is 4.31 Å². The molecule has 0 radical (unpaired) electrons. The number of nitrogens with zero attached hydrogens (tertiary/aromatic N) is 1. The van der Waals surface area contributed by atoms with Crippen molar-refractivity contribution in [1.29, 1.82) is 0 Å². The molecule has 0 aromatic heterocycles. The number of hydrogen-bond donors (Lipinski definition) is 1. The molecule has 1 heterocycles. The van der Waals surface area contributed by atoms with Crippen LogP contribution in [0.25, 0.3) is 6.08 Å². The van der Waals surface area contributed by atoms with Crippen molar-refractivity contribution in [2.45, 2.75) is 11.8 Å². The molecule has 0 unspecified atom stereocenters. The standard InChI is InChI=1S/C22H24N2O6S/c1-17-2-4-18(5-3-17)6-11-22(26)30-16-21(25)23-19-7-9-20(10-8-19)31(27,28)24-12-14-29-15-13-24/h2-11H,12-16H2,1H3,(H,23,25)/b11-6+. The Morgan fingerprint density at radius 2 is 1.71 bits per heavy atom. The fraction of sp³-hybridized carbons (Fsp3) is 0.273. The van der Waals surface area contributed by atoms with Crippen molar-refractivity contribution in [3.05, 3.63) is 65.7 Å². The number of carbonyl (C=O) groups is 2. The molecule has 164 valence electrons. The van der Waals surface area contributed by atoms with Crippen LogP contribution in [0.3, 0.4) is 0 Å². The average Bonchev–Trinajstić information content (AvgIpc) is 2.78. The van der Waals surface area contributed by atoms with E-state index in [1.54, 1.807) is 6.08 Å². The zero-order valence-electron chi connectivity index (χ0n) is 17.1. The van der Waals surface area contributed by atoms with Gasteiger partial charge in [0, 0.05) is 24.9 Å². The highest BCUT2D eigenvalue weighted by atomic mass is 32.2. The largest absolute Gasteiger partial charge is 0.452 e. The van der Waals surface area contributed by atoms with Crippen LogP contribution in [0.4, 0.5) is 5.69 Å². The summed E-state index contributed by atoms with van der Waals surface area (Å²) in [4.78, 5) is 23.9. The van der Waals surface area contributed by atoms with Gasteiger partial charge in [-0.1, -0.05) is 29.8 Å². The molecule has 1 aliphatic heterocycles. The Morgan fingerprint density at radius 3 is 2.35 bits per heavy atom. The first kappa shape index (κ1) is 22.7. The maximum Gasteiger partial charge on any atom is 0.331 e. The van der Waals surface area contributed by atoms with Crippen molar-refractivity contribution in [2.24, 2.45) is 0 Å². The molecule has 9 heteroatoms. The summed E-state index contributed by atoms with van der Waals surface area (Å²) >= 11 is 0. The highest BCUT2D eigenvalue weighted by molar-refractivity contribution is 7.89. The Hall–Kier alpha value is -3.01. The van der Waals surface area contributed by atoms with E-state index >= 15 is 0 Å². The molecular weight excluding hydrogens is 420 g/mol. The van der Waals surface area contributed by atoms with Crippen molar-refractivity contribution in [3.8, 4) is 0 Å². The minimum Gasteiger partial charge on any atom is -0.452 e. The lowest BCUT2D eigenvalue weighted by molar-refractivity contribution is -0.142. The number of aryl methyl sites for hydroxylation is 1. The second-order valence-electron chi connectivity index (χ2n) is 6.94. The number of rotatable bonds is 7. The molecule has 0 spiro atoms. The van der Waals surface area contributed by atoms with Crippen LogP contribution in [0.15, 0.2) is 59.5 Å². The molecular formula is C22H24N2O6S. The maximum absolute atomic E-state index is 12.6. The van der Waals surface area contributed by atoms with Crippen LogP contribution in [0.2, 0.25) is 0 Å². The third-order valence-electron chi connectivity index (χ3n) is 4.58. The summed E-state index contributed by atoms with van der Waals surface area (Å²) in [5, 5.41) is 2.57. The summed E-state index contributed by atoms with van der Waals surface area (Å²) in [6.07, 6.45) is 2.86. The molecule has 3 rings (SSSR count). The molecule has 0 bridgehead atoms. The third-order valence-corrected chi connectivity index (χ3v) is 6.49. The first-order valence-electron chi connectivity index (χ1n) is 9.74. The fourth-order valence-corrected chi connectivity index (χ4v) is 4.28. The van der Waals surface area contributed by atoms with E-state index in [2.05, 4.69) is 5.32 Å². The van der Waals surface area contributed by atoms with E-state index in [1.165, 1.54) is 34.6 Å². The first-order valence-corrected chi connectivity index (χ1v) is 11.2. The molecule has 31 heavy (non-hydrogen) atoms. The van der Waals surface area contributed by atoms with Gasteiger partial charge in [0.05, 0.1) is 18.1 Å². The number of hydrogen-bond acceptors (Lipinski definition) is 6. The van der Waals surface area contributed by atoms with Gasteiger partial charge >= 0.3 is 5.97 Å². The molecule has 1 saturated heterocycles. The summed E-state index contributed by atoms with van der Waals surface area (Å²) in [7, 11) is -3.60. The lowest BCUT2D eigenvalue weighted by Crippen LogP contribution is -2.40. The zero-order chi connectivity index (χ0) is 22.3. The molecule has 0 saturated carbocycles. The van der Waals surface area contributed by atoms with Crippen LogP contribution in [-0.2, 0) is 29.1 Å². The van der Waals surface area contributed by atoms with Gasteiger partial charge in [-0.05, 0) is 42.8 Å². The Morgan fingerprint density at radius 1 is 1.06 bits per heavy atom. The van der Waals surface area contributed by atoms with Crippen molar-refractivity contribution in [2.75, 3.05) is 38.2 Å². The van der Waals surface area contributed by atoms with Crippen molar-refractivity contribution in [1.82, 2.24) is 4.31 Å². The van der Waals surface area contributed by atoms with Crippen LogP contribution in [0.1, 0.15) is 11.1 Å². The summed E-state index contributed by atoms with van der Waals surface area (Å²) in [6, 6.07) is 13.4. The fourth-order valence-electron chi connectivity index (χ4n) is 2.87. The maximum atomic E-state index is 12.6. The van der Waals surface area contributed by atoms with Crippen molar-refractivity contribution in [3.63, 3.8) is 0 Å². The number of sulfonamides is 1. The number of carbonyl (C=O) groups excluding carboxylic acids is 2. The van der Waals surface area contributed by atoms with Gasteiger partial charge in [0.15, 0.2) is 6.61 Å². The molecule has 8 nitrogen and oxygen atoms in total. The van der Waals surface area contributed by atoms with Gasteiger partial charge in [-0.15, -0.1) is 0 Å². The molecule has 1 amide bonds. The Bertz CT molecular complexity index is 1040. The normalized spacial score (nSPS) is 15.0. The number of morpholine rings is 1. The van der Waals surface area contributed by atoms with Gasteiger partial charge in [0.2, 0.25) is 10.0 Å². The summed E-state index contributed by atoms with van der Waals surface area (Å²) in [5.41, 5.74) is 2.36. The minimum atomic E-state index is -3.60. The van der Waals surface area contributed by atoms with E-state index < -0.39 is 28.5 Å². The van der Waals surface area contributed by atoms with Crippen LogP contribution in [0.5, 0.6) is 0 Å². The van der Waals surface area contributed by atoms with E-state index in [0.717, 1.165) is 11.1 Å². The second-order valence-corrected chi connectivity index (χ2v) is 8.88. The zero-order valence-corrected chi connectivity index (χ0v) is 17.9. The number of anilines is 1. The predicted molar refractivity (Wildman–Crippen MR) is 116 cm³/mol. The van der Waals surface area contributed by atoms with Crippen LogP contribution >= 0.6 is 0 Å². The van der Waals surface area contributed by atoms with Gasteiger partial charge < -0.3 is 14.8 Å². The monoisotopic (exact) mass is 444 g/mol. The quantitative estimate of drug-likeness (QED) is 0.519. The second kappa shape index (κ2) is 10.3. The van der Waals surface area contributed by atoms with Gasteiger partial charge in [-0.25, -0.2) is 13.2 Å². The smallest absolute Gasteiger partial charge is 0.331 e. The average molecular weight is 445 g/mol. The highest BCUT2D eigenvalue weighted by Crippen LogP contribution is 2.19. The number of nitrogens with one attached hydrogen (secondary N) is 1. The van der Waals surface area contributed by atoms with Crippen molar-refractivity contribution < 1.29 is 27.5 Å². The van der Waals surface area contributed by atoms with E-state index in [-0.39, 0.29) is 4.90 Å². The van der Waals surface area contributed by atoms with Gasteiger partial charge in [0.25, 0.3) is 5.91 Å². The van der Waals surface area contributed by atoms with E-state index in [9.17, 15) is 18.0 Å². The topological polar surface area (TPSA) is 102 Å². The van der Waals surface area contributed by atoms with Crippen LogP contribution in [-0.4, -0.2) is 57.5 Å². The molecule has 1 N–H and O–H groups in total. The predicted octanol–water partition coefficient (Wildman–Crippen LogP) is 2.21. The Balaban J connectivity index is 1.49. The number of esters is 1. The van der Waals surface area contributed by atoms with E-state index in [4.69, 9.17) is 9.47 Å². The number of benzene rings is 2. The first-order chi connectivity index (χ1) is 14.8. The summed E-state index contributed by atoms with van der Waals surface area (Å²) in [6.45, 7) is 2.87. The minimum absolute atomic E-state index is 0.139. The van der Waals surface area contributed by atoms with Crippen molar-refractivity contribution >= 4 is 33.7 Å². The lowest BCUT2D eigenvalue weighted by Gasteiger charge is -2.26. The molecule has 1 fully saturated rings. The molecule has 2 aromatic carbocycles. The lowest BCUT2D eigenvalue weighted by atomic mass is 10.1.